The molecular formula is C16H15BrN2O2. The van der Waals surface area contributed by atoms with E-state index in [1.165, 1.54) is 0 Å². The molecule has 2 rings (SSSR count). The highest BCUT2D eigenvalue weighted by Crippen LogP contribution is 2.15. The van der Waals surface area contributed by atoms with Gasteiger partial charge in [-0.05, 0) is 43.3 Å². The van der Waals surface area contributed by atoms with Crippen molar-refractivity contribution in [3.05, 3.63) is 64.1 Å². The quantitative estimate of drug-likeness (QED) is 0.664. The lowest BCUT2D eigenvalue weighted by Gasteiger charge is -2.05. The minimum Gasteiger partial charge on any atom is -0.493 e. The first-order valence-electron chi connectivity index (χ1n) is 6.51. The van der Waals surface area contributed by atoms with Gasteiger partial charge in [-0.2, -0.15) is 5.10 Å². The van der Waals surface area contributed by atoms with Crippen molar-refractivity contribution < 1.29 is 9.53 Å². The topological polar surface area (TPSA) is 50.7 Å². The first-order valence-corrected chi connectivity index (χ1v) is 7.31. The number of rotatable bonds is 5. The fourth-order valence-electron chi connectivity index (χ4n) is 1.70. The Balaban J connectivity index is 2.02. The highest BCUT2D eigenvalue weighted by Gasteiger charge is 2.03. The predicted molar refractivity (Wildman–Crippen MR) is 86.8 cm³/mol. The molecule has 0 aliphatic heterocycles. The van der Waals surface area contributed by atoms with Crippen LogP contribution in [0.3, 0.4) is 0 Å². The van der Waals surface area contributed by atoms with Crippen LogP contribution in [0.5, 0.6) is 5.75 Å². The van der Waals surface area contributed by atoms with Crippen molar-refractivity contribution in [2.24, 2.45) is 5.10 Å². The van der Waals surface area contributed by atoms with E-state index in [-0.39, 0.29) is 5.91 Å². The fourth-order valence-corrected chi connectivity index (χ4v) is 1.96. The standard InChI is InChI=1S/C16H15BrN2O2/c1-2-21-15-6-4-3-5-13(15)11-18-19-16(20)12-7-9-14(17)10-8-12/h3-11H,2H2,1H3,(H,19,20)/b18-11-. The Kier molecular flexibility index (Phi) is 5.51. The van der Waals surface area contributed by atoms with Crippen molar-refractivity contribution in [1.82, 2.24) is 5.43 Å². The third-order valence-electron chi connectivity index (χ3n) is 2.69. The fraction of sp³-hybridized carbons (Fsp3) is 0.125. The molecule has 2 aromatic rings. The number of nitrogens with one attached hydrogen (secondary N) is 1. The summed E-state index contributed by atoms with van der Waals surface area (Å²) in [4.78, 5) is 11.9. The summed E-state index contributed by atoms with van der Waals surface area (Å²) in [6.07, 6.45) is 1.57. The molecule has 0 aliphatic rings. The zero-order valence-electron chi connectivity index (χ0n) is 11.5. The summed E-state index contributed by atoms with van der Waals surface area (Å²) in [5, 5.41) is 3.97. The number of para-hydroxylation sites is 1. The van der Waals surface area contributed by atoms with E-state index in [2.05, 4.69) is 26.5 Å². The van der Waals surface area contributed by atoms with Gasteiger partial charge in [-0.15, -0.1) is 0 Å². The molecule has 0 atom stereocenters. The average molecular weight is 347 g/mol. The van der Waals surface area contributed by atoms with Gasteiger partial charge in [0.1, 0.15) is 5.75 Å². The summed E-state index contributed by atoms with van der Waals surface area (Å²) < 4.78 is 6.41. The van der Waals surface area contributed by atoms with Crippen LogP contribution in [0.1, 0.15) is 22.8 Å². The SMILES string of the molecule is CCOc1ccccc1/C=N\NC(=O)c1ccc(Br)cc1. The van der Waals surface area contributed by atoms with E-state index in [4.69, 9.17) is 4.74 Å². The Bertz CT molecular complexity index is 639. The molecule has 0 aromatic heterocycles. The van der Waals surface area contributed by atoms with E-state index >= 15 is 0 Å². The molecule has 0 aliphatic carbocycles. The molecule has 0 spiro atoms. The van der Waals surface area contributed by atoms with Crippen LogP contribution >= 0.6 is 15.9 Å². The van der Waals surface area contributed by atoms with Gasteiger partial charge in [-0.1, -0.05) is 28.1 Å². The lowest BCUT2D eigenvalue weighted by molar-refractivity contribution is 0.0955. The van der Waals surface area contributed by atoms with Crippen LogP contribution in [-0.2, 0) is 0 Å². The molecule has 1 N–H and O–H groups in total. The van der Waals surface area contributed by atoms with Crippen LogP contribution in [0, 0.1) is 0 Å². The molecule has 0 heterocycles. The van der Waals surface area contributed by atoms with E-state index in [0.717, 1.165) is 15.8 Å². The number of halogens is 1. The van der Waals surface area contributed by atoms with Gasteiger partial charge in [0.2, 0.25) is 0 Å². The van der Waals surface area contributed by atoms with Gasteiger partial charge in [0.15, 0.2) is 0 Å². The van der Waals surface area contributed by atoms with Gasteiger partial charge in [0.25, 0.3) is 5.91 Å². The molecule has 1 amide bonds. The maximum atomic E-state index is 11.9. The number of hydrogen-bond donors (Lipinski definition) is 1. The summed E-state index contributed by atoms with van der Waals surface area (Å²) in [7, 11) is 0. The molecule has 0 saturated heterocycles. The van der Waals surface area contributed by atoms with Gasteiger partial charge in [0, 0.05) is 15.6 Å². The van der Waals surface area contributed by atoms with Crippen LogP contribution in [0.4, 0.5) is 0 Å². The Labute approximate surface area is 132 Å². The molecule has 0 unspecified atom stereocenters. The Morgan fingerprint density at radius 1 is 1.24 bits per heavy atom. The van der Waals surface area contributed by atoms with E-state index in [1.54, 1.807) is 18.3 Å². The molecule has 0 bridgehead atoms. The lowest BCUT2D eigenvalue weighted by Crippen LogP contribution is -2.17. The van der Waals surface area contributed by atoms with Crippen LogP contribution in [0.2, 0.25) is 0 Å². The van der Waals surface area contributed by atoms with Gasteiger partial charge in [0.05, 0.1) is 12.8 Å². The molecule has 0 saturated carbocycles. The Morgan fingerprint density at radius 3 is 2.67 bits per heavy atom. The first-order chi connectivity index (χ1) is 10.2. The van der Waals surface area contributed by atoms with Crippen LogP contribution in [-0.4, -0.2) is 18.7 Å². The molecule has 4 nitrogen and oxygen atoms in total. The van der Waals surface area contributed by atoms with Gasteiger partial charge in [-0.25, -0.2) is 5.43 Å². The van der Waals surface area contributed by atoms with Crippen molar-refractivity contribution in [1.29, 1.82) is 0 Å². The minimum absolute atomic E-state index is 0.257. The summed E-state index contributed by atoms with van der Waals surface area (Å²) in [5.74, 6) is 0.481. The van der Waals surface area contributed by atoms with E-state index < -0.39 is 0 Å². The summed E-state index contributed by atoms with van der Waals surface area (Å²) in [6, 6.07) is 14.6. The predicted octanol–water partition coefficient (Wildman–Crippen LogP) is 3.61. The van der Waals surface area contributed by atoms with Crippen LogP contribution in [0.25, 0.3) is 0 Å². The zero-order chi connectivity index (χ0) is 15.1. The second-order valence-corrected chi connectivity index (χ2v) is 5.09. The number of carbonyl (C=O) groups excluding carboxylic acids is 1. The van der Waals surface area contributed by atoms with Gasteiger partial charge in [-0.3, -0.25) is 4.79 Å². The number of benzene rings is 2. The largest absolute Gasteiger partial charge is 0.493 e. The van der Waals surface area contributed by atoms with E-state index in [9.17, 15) is 4.79 Å². The number of ether oxygens (including phenoxy) is 1. The van der Waals surface area contributed by atoms with Crippen molar-refractivity contribution in [3.63, 3.8) is 0 Å². The second kappa shape index (κ2) is 7.59. The number of hydrogen-bond acceptors (Lipinski definition) is 3. The zero-order valence-corrected chi connectivity index (χ0v) is 13.1. The normalized spacial score (nSPS) is 10.6. The first kappa shape index (κ1) is 15.3. The average Bonchev–Trinajstić information content (AvgIpc) is 2.50. The third kappa shape index (κ3) is 4.43. The molecule has 5 heteroatoms. The van der Waals surface area contributed by atoms with E-state index in [0.29, 0.717) is 12.2 Å². The van der Waals surface area contributed by atoms with Crippen LogP contribution in [0.15, 0.2) is 58.1 Å². The van der Waals surface area contributed by atoms with Crippen molar-refractivity contribution in [2.75, 3.05) is 6.61 Å². The van der Waals surface area contributed by atoms with Crippen LogP contribution < -0.4 is 10.2 Å². The number of amides is 1. The monoisotopic (exact) mass is 346 g/mol. The van der Waals surface area contributed by atoms with Crippen molar-refractivity contribution in [2.45, 2.75) is 6.92 Å². The molecular weight excluding hydrogens is 332 g/mol. The maximum absolute atomic E-state index is 11.9. The summed E-state index contributed by atoms with van der Waals surface area (Å²) in [6.45, 7) is 2.50. The Hall–Kier alpha value is -2.14. The summed E-state index contributed by atoms with van der Waals surface area (Å²) >= 11 is 3.33. The van der Waals surface area contributed by atoms with Gasteiger partial charge >= 0.3 is 0 Å². The van der Waals surface area contributed by atoms with E-state index in [1.807, 2.05) is 43.3 Å². The summed E-state index contributed by atoms with van der Waals surface area (Å²) in [5.41, 5.74) is 3.86. The molecule has 108 valence electrons. The Morgan fingerprint density at radius 2 is 1.95 bits per heavy atom. The molecule has 0 radical (unpaired) electrons. The molecule has 21 heavy (non-hydrogen) atoms. The maximum Gasteiger partial charge on any atom is 0.271 e. The smallest absolute Gasteiger partial charge is 0.271 e. The second-order valence-electron chi connectivity index (χ2n) is 4.18. The third-order valence-corrected chi connectivity index (χ3v) is 3.22. The number of carbonyl (C=O) groups is 1. The number of nitrogens with zero attached hydrogens (tertiary/aromatic N) is 1. The highest BCUT2D eigenvalue weighted by molar-refractivity contribution is 9.10. The molecule has 2 aromatic carbocycles. The minimum atomic E-state index is -0.257. The van der Waals surface area contributed by atoms with Crippen molar-refractivity contribution >= 4 is 28.1 Å². The lowest BCUT2D eigenvalue weighted by atomic mass is 10.2. The number of hydrazone groups is 1. The van der Waals surface area contributed by atoms with Gasteiger partial charge < -0.3 is 4.74 Å². The highest BCUT2D eigenvalue weighted by atomic mass is 79.9. The molecule has 0 fully saturated rings. The van der Waals surface area contributed by atoms with Crippen molar-refractivity contribution in [3.8, 4) is 5.75 Å².